The van der Waals surface area contributed by atoms with Gasteiger partial charge in [-0.05, 0) is 33.6 Å². The molecule has 0 aliphatic rings. The molecule has 0 radical (unpaired) electrons. The Labute approximate surface area is 112 Å². The number of aromatic nitrogens is 4. The molecule has 0 saturated heterocycles. The Morgan fingerprint density at radius 3 is 3.00 bits per heavy atom. The molecule has 0 bridgehead atoms. The molecular formula is C12H10BrN5. The van der Waals surface area contributed by atoms with Crippen molar-refractivity contribution in [2.24, 2.45) is 0 Å². The maximum Gasteiger partial charge on any atom is 0.171 e. The van der Waals surface area contributed by atoms with E-state index in [9.17, 15) is 0 Å². The van der Waals surface area contributed by atoms with Crippen molar-refractivity contribution in [1.29, 1.82) is 0 Å². The van der Waals surface area contributed by atoms with Gasteiger partial charge >= 0.3 is 0 Å². The zero-order chi connectivity index (χ0) is 12.4. The molecule has 90 valence electrons. The minimum absolute atomic E-state index is 0.699. The van der Waals surface area contributed by atoms with Gasteiger partial charge in [0.05, 0.1) is 10.7 Å². The molecule has 0 atom stereocenters. The van der Waals surface area contributed by atoms with Crippen LogP contribution in [0.2, 0.25) is 0 Å². The lowest BCUT2D eigenvalue weighted by atomic mass is 10.3. The van der Waals surface area contributed by atoms with Crippen molar-refractivity contribution in [2.45, 2.75) is 6.54 Å². The Balaban J connectivity index is 1.87. The fraction of sp³-hybridized carbons (Fsp3) is 0.0833. The van der Waals surface area contributed by atoms with Crippen molar-refractivity contribution in [2.75, 3.05) is 5.32 Å². The number of hydrogen-bond acceptors (Lipinski definition) is 4. The standard InChI is InChI=1S/C12H10BrN5/c13-10-8-17-18-11(3-5-15-12(10)18)16-7-9-2-1-4-14-6-9/h1-6,8,16H,7H2. The summed E-state index contributed by atoms with van der Waals surface area (Å²) < 4.78 is 2.65. The van der Waals surface area contributed by atoms with Gasteiger partial charge in [0.25, 0.3) is 0 Å². The van der Waals surface area contributed by atoms with Crippen LogP contribution in [0.3, 0.4) is 0 Å². The number of rotatable bonds is 3. The van der Waals surface area contributed by atoms with E-state index in [4.69, 9.17) is 0 Å². The van der Waals surface area contributed by atoms with Gasteiger partial charge in [0.2, 0.25) is 0 Å². The predicted molar refractivity (Wildman–Crippen MR) is 72.3 cm³/mol. The van der Waals surface area contributed by atoms with E-state index in [1.807, 2.05) is 24.4 Å². The van der Waals surface area contributed by atoms with E-state index in [-0.39, 0.29) is 0 Å². The van der Waals surface area contributed by atoms with E-state index in [2.05, 4.69) is 36.3 Å². The van der Waals surface area contributed by atoms with Crippen LogP contribution in [-0.4, -0.2) is 19.6 Å². The van der Waals surface area contributed by atoms with Crippen LogP contribution >= 0.6 is 15.9 Å². The van der Waals surface area contributed by atoms with Crippen LogP contribution in [0.25, 0.3) is 5.65 Å². The second kappa shape index (κ2) is 4.73. The van der Waals surface area contributed by atoms with E-state index in [0.29, 0.717) is 6.54 Å². The van der Waals surface area contributed by atoms with Crippen molar-refractivity contribution in [3.05, 3.63) is 53.0 Å². The molecule has 0 saturated carbocycles. The van der Waals surface area contributed by atoms with E-state index in [1.54, 1.807) is 23.1 Å². The van der Waals surface area contributed by atoms with Gasteiger partial charge in [0.15, 0.2) is 5.65 Å². The van der Waals surface area contributed by atoms with E-state index >= 15 is 0 Å². The van der Waals surface area contributed by atoms with Gasteiger partial charge in [-0.25, -0.2) is 4.98 Å². The second-order valence-corrected chi connectivity index (χ2v) is 4.63. The third-order valence-electron chi connectivity index (χ3n) is 2.55. The molecule has 5 nitrogen and oxygen atoms in total. The average Bonchev–Trinajstić information content (AvgIpc) is 2.80. The first-order chi connectivity index (χ1) is 8.84. The van der Waals surface area contributed by atoms with Gasteiger partial charge in [0.1, 0.15) is 5.82 Å². The lowest BCUT2D eigenvalue weighted by Crippen LogP contribution is -2.05. The number of nitrogens with one attached hydrogen (secondary N) is 1. The first kappa shape index (κ1) is 11.2. The zero-order valence-corrected chi connectivity index (χ0v) is 11.0. The SMILES string of the molecule is Brc1cnn2c(NCc3cccnc3)ccnc12. The smallest absolute Gasteiger partial charge is 0.171 e. The lowest BCUT2D eigenvalue weighted by Gasteiger charge is -2.07. The molecule has 0 fully saturated rings. The van der Waals surface area contributed by atoms with Crippen LogP contribution < -0.4 is 5.32 Å². The molecule has 3 rings (SSSR count). The highest BCUT2D eigenvalue weighted by molar-refractivity contribution is 9.10. The second-order valence-electron chi connectivity index (χ2n) is 3.77. The Kier molecular flexibility index (Phi) is 2.93. The molecule has 3 heterocycles. The summed E-state index contributed by atoms with van der Waals surface area (Å²) in [7, 11) is 0. The Morgan fingerprint density at radius 2 is 2.17 bits per heavy atom. The van der Waals surface area contributed by atoms with Crippen LogP contribution in [0.15, 0.2) is 47.5 Å². The van der Waals surface area contributed by atoms with E-state index in [1.165, 1.54) is 0 Å². The maximum absolute atomic E-state index is 4.26. The summed E-state index contributed by atoms with van der Waals surface area (Å²) in [6.45, 7) is 0.699. The molecule has 18 heavy (non-hydrogen) atoms. The summed E-state index contributed by atoms with van der Waals surface area (Å²) in [5.74, 6) is 0.898. The van der Waals surface area contributed by atoms with Crippen LogP contribution in [0.1, 0.15) is 5.56 Å². The third kappa shape index (κ3) is 2.06. The molecular weight excluding hydrogens is 294 g/mol. The summed E-state index contributed by atoms with van der Waals surface area (Å²) in [5.41, 5.74) is 1.92. The quantitative estimate of drug-likeness (QED) is 0.808. The van der Waals surface area contributed by atoms with Gasteiger partial charge < -0.3 is 5.32 Å². The van der Waals surface area contributed by atoms with Crippen molar-refractivity contribution in [1.82, 2.24) is 19.6 Å². The number of nitrogens with zero attached hydrogens (tertiary/aromatic N) is 4. The van der Waals surface area contributed by atoms with Gasteiger partial charge in [-0.15, -0.1) is 0 Å². The highest BCUT2D eigenvalue weighted by Crippen LogP contribution is 2.18. The van der Waals surface area contributed by atoms with Crippen LogP contribution in [0, 0.1) is 0 Å². The normalized spacial score (nSPS) is 10.7. The summed E-state index contributed by atoms with van der Waals surface area (Å²) in [6.07, 6.45) is 7.09. The molecule has 6 heteroatoms. The van der Waals surface area contributed by atoms with Gasteiger partial charge in [-0.2, -0.15) is 9.61 Å². The average molecular weight is 304 g/mol. The molecule has 0 amide bonds. The fourth-order valence-corrected chi connectivity index (χ4v) is 2.05. The summed E-state index contributed by atoms with van der Waals surface area (Å²) in [5, 5.41) is 7.58. The minimum Gasteiger partial charge on any atom is -0.366 e. The molecule has 1 N–H and O–H groups in total. The molecule has 3 aromatic rings. The Bertz CT molecular complexity index is 665. The summed E-state index contributed by atoms with van der Waals surface area (Å²) >= 11 is 3.41. The third-order valence-corrected chi connectivity index (χ3v) is 3.11. The number of anilines is 1. The van der Waals surface area contributed by atoms with Crippen molar-refractivity contribution < 1.29 is 0 Å². The zero-order valence-electron chi connectivity index (χ0n) is 9.42. The fourth-order valence-electron chi connectivity index (χ4n) is 1.69. The van der Waals surface area contributed by atoms with Gasteiger partial charge in [-0.3, -0.25) is 4.98 Å². The van der Waals surface area contributed by atoms with Crippen LogP contribution in [0.5, 0.6) is 0 Å². The van der Waals surface area contributed by atoms with E-state index < -0.39 is 0 Å². The summed E-state index contributed by atoms with van der Waals surface area (Å²) in [6, 6.07) is 5.84. The molecule has 0 unspecified atom stereocenters. The monoisotopic (exact) mass is 303 g/mol. The van der Waals surface area contributed by atoms with Crippen molar-refractivity contribution in [3.8, 4) is 0 Å². The predicted octanol–water partition coefficient (Wildman–Crippen LogP) is 2.50. The lowest BCUT2D eigenvalue weighted by molar-refractivity contribution is 0.924. The topological polar surface area (TPSA) is 55.1 Å². The Hall–Kier alpha value is -1.95. The van der Waals surface area contributed by atoms with E-state index in [0.717, 1.165) is 21.5 Å². The van der Waals surface area contributed by atoms with Gasteiger partial charge in [-0.1, -0.05) is 6.07 Å². The minimum atomic E-state index is 0.699. The number of pyridine rings is 1. The number of halogens is 1. The van der Waals surface area contributed by atoms with Crippen molar-refractivity contribution in [3.63, 3.8) is 0 Å². The highest BCUT2D eigenvalue weighted by atomic mass is 79.9. The largest absolute Gasteiger partial charge is 0.366 e. The highest BCUT2D eigenvalue weighted by Gasteiger charge is 2.05. The molecule has 0 spiro atoms. The number of fused-ring (bicyclic) bond motifs is 1. The number of hydrogen-bond donors (Lipinski definition) is 1. The summed E-state index contributed by atoms with van der Waals surface area (Å²) in [4.78, 5) is 8.34. The first-order valence-electron chi connectivity index (χ1n) is 5.45. The van der Waals surface area contributed by atoms with Crippen LogP contribution in [0.4, 0.5) is 5.82 Å². The molecule has 0 aromatic carbocycles. The molecule has 0 aliphatic carbocycles. The Morgan fingerprint density at radius 1 is 1.22 bits per heavy atom. The molecule has 0 aliphatic heterocycles. The van der Waals surface area contributed by atoms with Gasteiger partial charge in [0, 0.05) is 25.1 Å². The maximum atomic E-state index is 4.26. The van der Waals surface area contributed by atoms with Crippen molar-refractivity contribution >= 4 is 27.4 Å². The van der Waals surface area contributed by atoms with Crippen LogP contribution in [-0.2, 0) is 6.54 Å². The first-order valence-corrected chi connectivity index (χ1v) is 6.25. The molecule has 3 aromatic heterocycles.